The van der Waals surface area contributed by atoms with E-state index in [2.05, 4.69) is 5.32 Å². The van der Waals surface area contributed by atoms with Gasteiger partial charge in [0.2, 0.25) is 5.91 Å². The summed E-state index contributed by atoms with van der Waals surface area (Å²) in [7, 11) is 0. The predicted octanol–water partition coefficient (Wildman–Crippen LogP) is 4.02. The zero-order valence-electron chi connectivity index (χ0n) is 17.4. The van der Waals surface area contributed by atoms with Crippen molar-refractivity contribution in [3.8, 4) is 11.5 Å². The number of Topliss-reactive ketones (excluding diaryl/α,β-unsaturated/α-hetero) is 1. The average molecular weight is 406 g/mol. The summed E-state index contributed by atoms with van der Waals surface area (Å²) < 4.78 is 13.3. The number of carbonyl (C=O) groups excluding carboxylic acids is 2. The van der Waals surface area contributed by atoms with Crippen molar-refractivity contribution in [2.24, 2.45) is 0 Å². The number of nitrogens with one attached hydrogen (secondary N) is 1. The maximum atomic E-state index is 12.7. The number of aromatic nitrogens is 1. The summed E-state index contributed by atoms with van der Waals surface area (Å²) in [6, 6.07) is 11.6. The zero-order valence-corrected chi connectivity index (χ0v) is 17.4. The van der Waals surface area contributed by atoms with Gasteiger partial charge in [-0.25, -0.2) is 0 Å². The zero-order chi connectivity index (χ0) is 21.1. The van der Waals surface area contributed by atoms with Crippen molar-refractivity contribution >= 4 is 22.6 Å². The standard InChI is InChI=1S/C24H26N2O4/c1-3-21(27)19-14-26(20-8-5-4-7-18(19)20)15-24(28)25-13-17-12-23-22(11-16(17)2)29-9-6-10-30-23/h4-5,7-8,11-12,14H,3,6,9-10,13,15H2,1-2H3,(H,25,28). The Bertz CT molecular complexity index is 1100. The molecule has 3 aromatic rings. The molecule has 0 unspecified atom stereocenters. The second-order valence-electron chi connectivity index (χ2n) is 7.52. The van der Waals surface area contributed by atoms with Gasteiger partial charge < -0.3 is 19.4 Å². The van der Waals surface area contributed by atoms with Gasteiger partial charge in [0, 0.05) is 42.0 Å². The highest BCUT2D eigenvalue weighted by Crippen LogP contribution is 2.32. The van der Waals surface area contributed by atoms with Crippen LogP contribution in [0.25, 0.3) is 10.9 Å². The summed E-state index contributed by atoms with van der Waals surface area (Å²) in [5.74, 6) is 1.44. The largest absolute Gasteiger partial charge is 0.490 e. The van der Waals surface area contributed by atoms with Crippen LogP contribution >= 0.6 is 0 Å². The number of aryl methyl sites for hydroxylation is 1. The molecular formula is C24H26N2O4. The van der Waals surface area contributed by atoms with E-state index in [0.717, 1.165) is 39.9 Å². The smallest absolute Gasteiger partial charge is 0.240 e. The summed E-state index contributed by atoms with van der Waals surface area (Å²) in [6.45, 7) is 5.68. The molecule has 2 aromatic carbocycles. The third kappa shape index (κ3) is 4.03. The Morgan fingerprint density at radius 1 is 1.10 bits per heavy atom. The van der Waals surface area contributed by atoms with Gasteiger partial charge in [0.1, 0.15) is 6.54 Å². The Labute approximate surface area is 175 Å². The number of fused-ring (bicyclic) bond motifs is 2. The average Bonchev–Trinajstić information content (AvgIpc) is 2.95. The molecule has 0 bridgehead atoms. The highest BCUT2D eigenvalue weighted by atomic mass is 16.5. The molecule has 0 saturated carbocycles. The lowest BCUT2D eigenvalue weighted by Crippen LogP contribution is -2.27. The molecule has 0 atom stereocenters. The van der Waals surface area contributed by atoms with Crippen LogP contribution in [0.4, 0.5) is 0 Å². The summed E-state index contributed by atoms with van der Waals surface area (Å²) in [6.07, 6.45) is 3.08. The molecule has 156 valence electrons. The van der Waals surface area contributed by atoms with Gasteiger partial charge in [-0.1, -0.05) is 25.1 Å². The maximum absolute atomic E-state index is 12.7. The first-order valence-corrected chi connectivity index (χ1v) is 10.3. The first-order chi connectivity index (χ1) is 14.6. The van der Waals surface area contributed by atoms with E-state index in [0.29, 0.717) is 31.7 Å². The Morgan fingerprint density at radius 3 is 2.60 bits per heavy atom. The number of hydrogen-bond acceptors (Lipinski definition) is 4. The number of ketones is 1. The van der Waals surface area contributed by atoms with Gasteiger partial charge in [-0.3, -0.25) is 9.59 Å². The summed E-state index contributed by atoms with van der Waals surface area (Å²) >= 11 is 0. The highest BCUT2D eigenvalue weighted by Gasteiger charge is 2.16. The lowest BCUT2D eigenvalue weighted by Gasteiger charge is -2.13. The number of hydrogen-bond donors (Lipinski definition) is 1. The first-order valence-electron chi connectivity index (χ1n) is 10.3. The second-order valence-corrected chi connectivity index (χ2v) is 7.52. The van der Waals surface area contributed by atoms with Crippen LogP contribution in [0.3, 0.4) is 0 Å². The molecule has 0 aliphatic carbocycles. The molecular weight excluding hydrogens is 380 g/mol. The van der Waals surface area contributed by atoms with Crippen LogP contribution in [-0.4, -0.2) is 29.5 Å². The Balaban J connectivity index is 1.48. The van der Waals surface area contributed by atoms with Gasteiger partial charge >= 0.3 is 0 Å². The number of nitrogens with zero attached hydrogens (tertiary/aromatic N) is 1. The molecule has 0 saturated heterocycles. The van der Waals surface area contributed by atoms with E-state index >= 15 is 0 Å². The normalized spacial score (nSPS) is 13.1. The van der Waals surface area contributed by atoms with E-state index in [-0.39, 0.29) is 18.2 Å². The quantitative estimate of drug-likeness (QED) is 0.628. The monoisotopic (exact) mass is 406 g/mol. The van der Waals surface area contributed by atoms with Gasteiger partial charge in [-0.05, 0) is 36.2 Å². The number of benzene rings is 2. The maximum Gasteiger partial charge on any atom is 0.240 e. The first kappa shape index (κ1) is 20.0. The molecule has 0 spiro atoms. The molecule has 0 radical (unpaired) electrons. The van der Waals surface area contributed by atoms with E-state index in [4.69, 9.17) is 9.47 Å². The Morgan fingerprint density at radius 2 is 1.83 bits per heavy atom. The number of para-hydroxylation sites is 1. The minimum atomic E-state index is -0.113. The van der Waals surface area contributed by atoms with Gasteiger partial charge in [-0.15, -0.1) is 0 Å². The van der Waals surface area contributed by atoms with E-state index in [9.17, 15) is 9.59 Å². The SMILES string of the molecule is CCC(=O)c1cn(CC(=O)NCc2cc3c(cc2C)OCCCO3)c2ccccc12. The van der Waals surface area contributed by atoms with Crippen molar-refractivity contribution < 1.29 is 19.1 Å². The summed E-state index contributed by atoms with van der Waals surface area (Å²) in [5, 5.41) is 3.87. The van der Waals surface area contributed by atoms with Crippen molar-refractivity contribution in [3.63, 3.8) is 0 Å². The summed E-state index contributed by atoms with van der Waals surface area (Å²) in [4.78, 5) is 24.9. The minimum Gasteiger partial charge on any atom is -0.490 e. The molecule has 2 heterocycles. The highest BCUT2D eigenvalue weighted by molar-refractivity contribution is 6.08. The molecule has 6 nitrogen and oxygen atoms in total. The van der Waals surface area contributed by atoms with Crippen LogP contribution in [0, 0.1) is 6.92 Å². The van der Waals surface area contributed by atoms with Gasteiger partial charge in [0.15, 0.2) is 17.3 Å². The van der Waals surface area contributed by atoms with Crippen LogP contribution in [0.15, 0.2) is 42.6 Å². The van der Waals surface area contributed by atoms with Crippen molar-refractivity contribution in [3.05, 3.63) is 59.3 Å². The Hall–Kier alpha value is -3.28. The molecule has 1 aliphatic rings. The Kier molecular flexibility index (Phi) is 5.74. The lowest BCUT2D eigenvalue weighted by molar-refractivity contribution is -0.121. The summed E-state index contributed by atoms with van der Waals surface area (Å²) in [5.41, 5.74) is 3.59. The minimum absolute atomic E-state index is 0.0770. The van der Waals surface area contributed by atoms with Crippen LogP contribution < -0.4 is 14.8 Å². The van der Waals surface area contributed by atoms with E-state index in [1.165, 1.54) is 0 Å². The molecule has 1 aliphatic heterocycles. The van der Waals surface area contributed by atoms with Crippen LogP contribution in [0.5, 0.6) is 11.5 Å². The fraction of sp³-hybridized carbons (Fsp3) is 0.333. The van der Waals surface area contributed by atoms with Gasteiger partial charge in [0.25, 0.3) is 0 Å². The number of carbonyl (C=O) groups is 2. The molecule has 1 aromatic heterocycles. The van der Waals surface area contributed by atoms with Gasteiger partial charge in [-0.2, -0.15) is 0 Å². The van der Waals surface area contributed by atoms with Crippen molar-refractivity contribution in [2.45, 2.75) is 39.8 Å². The fourth-order valence-corrected chi connectivity index (χ4v) is 3.74. The predicted molar refractivity (Wildman–Crippen MR) is 115 cm³/mol. The van der Waals surface area contributed by atoms with Crippen molar-refractivity contribution in [2.75, 3.05) is 13.2 Å². The molecule has 4 rings (SSSR count). The number of amides is 1. The number of ether oxygens (including phenoxy) is 2. The van der Waals surface area contributed by atoms with E-state index in [1.54, 1.807) is 6.20 Å². The van der Waals surface area contributed by atoms with Crippen molar-refractivity contribution in [1.29, 1.82) is 0 Å². The fourth-order valence-electron chi connectivity index (χ4n) is 3.74. The molecule has 30 heavy (non-hydrogen) atoms. The van der Waals surface area contributed by atoms with Gasteiger partial charge in [0.05, 0.1) is 13.2 Å². The van der Waals surface area contributed by atoms with E-state index < -0.39 is 0 Å². The lowest BCUT2D eigenvalue weighted by atomic mass is 10.1. The molecule has 0 fully saturated rings. The molecule has 1 N–H and O–H groups in total. The van der Waals surface area contributed by atoms with Crippen LogP contribution in [0.1, 0.15) is 41.3 Å². The molecule has 6 heteroatoms. The topological polar surface area (TPSA) is 69.6 Å². The van der Waals surface area contributed by atoms with Crippen LogP contribution in [0.2, 0.25) is 0 Å². The molecule has 1 amide bonds. The van der Waals surface area contributed by atoms with Crippen molar-refractivity contribution in [1.82, 2.24) is 9.88 Å². The third-order valence-electron chi connectivity index (χ3n) is 5.41. The van der Waals surface area contributed by atoms with Crippen LogP contribution in [-0.2, 0) is 17.9 Å². The van der Waals surface area contributed by atoms with E-state index in [1.807, 2.05) is 54.8 Å². The third-order valence-corrected chi connectivity index (χ3v) is 5.41. The number of rotatable bonds is 6. The second kappa shape index (κ2) is 8.61.